The van der Waals surface area contributed by atoms with Gasteiger partial charge in [-0.3, -0.25) is 9.59 Å². The number of carboxylic acid groups (broad SMARTS) is 1. The quantitative estimate of drug-likeness (QED) is 0.0182. The summed E-state index contributed by atoms with van der Waals surface area (Å²) in [4.78, 5) is 21.6. The molecule has 20 heteroatoms. The molecule has 13 nitrogen and oxygen atoms in total. The van der Waals surface area contributed by atoms with Crippen molar-refractivity contribution in [1.29, 1.82) is 0 Å². The molecule has 2 aliphatic rings. The molecule has 0 radical (unpaired) electrons. The first-order valence-electron chi connectivity index (χ1n) is 23.8. The molecular formula is C52H76F6O13Si. The van der Waals surface area contributed by atoms with Gasteiger partial charge < -0.3 is 55.1 Å². The van der Waals surface area contributed by atoms with Crippen LogP contribution in [-0.4, -0.2) is 125 Å². The zero-order valence-electron chi connectivity index (χ0n) is 41.9. The molecule has 0 saturated heterocycles. The van der Waals surface area contributed by atoms with Gasteiger partial charge in [-0.15, -0.1) is 0 Å². The number of unbranched alkanes of at least 4 members (excludes halogenated alkanes) is 2. The molecule has 0 aromatic heterocycles. The van der Waals surface area contributed by atoms with E-state index in [1.807, 2.05) is 24.3 Å². The maximum Gasteiger partial charge on any atom is 0.416 e. The van der Waals surface area contributed by atoms with Gasteiger partial charge in [0.15, 0.2) is 0 Å². The molecular weight excluding hydrogens is 975 g/mol. The highest BCUT2D eigenvalue weighted by atomic mass is 28.3. The predicted molar refractivity (Wildman–Crippen MR) is 264 cm³/mol. The van der Waals surface area contributed by atoms with Crippen LogP contribution in [0.25, 0.3) is 0 Å². The minimum Gasteiger partial charge on any atom is -0.491 e. The smallest absolute Gasteiger partial charge is 0.416 e. The van der Waals surface area contributed by atoms with Crippen LogP contribution in [0.5, 0.6) is 11.5 Å². The van der Waals surface area contributed by atoms with Gasteiger partial charge in [-0.2, -0.15) is 26.3 Å². The van der Waals surface area contributed by atoms with Gasteiger partial charge in [0.05, 0.1) is 42.7 Å². The van der Waals surface area contributed by atoms with Gasteiger partial charge in [-0.25, -0.2) is 0 Å². The first-order chi connectivity index (χ1) is 33.7. The summed E-state index contributed by atoms with van der Waals surface area (Å²) in [5.74, 6) is -2.46. The second-order valence-electron chi connectivity index (χ2n) is 19.0. The third-order valence-electron chi connectivity index (χ3n) is 11.0. The zero-order valence-corrected chi connectivity index (χ0v) is 42.9. The Hall–Kier alpha value is -4.54. The highest BCUT2D eigenvalue weighted by Gasteiger charge is 2.40. The van der Waals surface area contributed by atoms with Gasteiger partial charge in [-0.1, -0.05) is 86.9 Å². The van der Waals surface area contributed by atoms with Crippen LogP contribution in [0.2, 0.25) is 26.2 Å². The number of allylic oxidation sites excluding steroid dienone is 4. The summed E-state index contributed by atoms with van der Waals surface area (Å²) in [6.45, 7) is 8.78. The normalized spacial score (nSPS) is 23.2. The molecule has 2 aromatic carbocycles. The summed E-state index contributed by atoms with van der Waals surface area (Å²) in [6, 6.07) is 8.76. The molecule has 2 fully saturated rings. The number of aliphatic hydroxyl groups excluding tert-OH is 7. The maximum absolute atomic E-state index is 12.8. The molecule has 0 aliphatic heterocycles. The topological polar surface area (TPSA) is 224 Å². The average Bonchev–Trinajstić information content (AvgIpc) is 3.74. The Morgan fingerprint density at radius 1 is 0.653 bits per heavy atom. The lowest BCUT2D eigenvalue weighted by molar-refractivity contribution is -0.141. The van der Waals surface area contributed by atoms with E-state index in [4.69, 9.17) is 19.7 Å². The number of carboxylic acids is 1. The summed E-state index contributed by atoms with van der Waals surface area (Å²) >= 11 is 0. The standard InChI is InChI=1S/C24H31F3O6.C23H29F3O6.C4H12Si.CH4O/c1-32-23(31)10-5-3-2-4-9-19-20(22(30)14-21(19)29)12-11-17(28)15-33-18-8-6-7-16(13-18)24(25,26)27;24-23(25,26)15-6-5-7-17(12-15)32-14-16(27)10-11-19-18(20(28)13-21(19)29)8-3-1-2-4-9-22(30)31;1-5(2,3)4;1-2/h2,4,6-8,11-13,17,19-22,28-30H,3,5,9-10,14-15H2,1H3;1,3,5-7,10-12,16,18-21,27-29H,2,4,8-9,13-14H2,(H,30,31);1-4H3;2H,1H3/b4-2-,12-11+;3-1-,11-10+;;/t17-,19-,20-,21+,22-;16-,18-,19-,20+,21-;;/m11../s1. The third kappa shape index (κ3) is 27.5. The molecule has 0 unspecified atom stereocenters. The van der Waals surface area contributed by atoms with E-state index in [0.29, 0.717) is 44.9 Å². The minimum atomic E-state index is -4.49. The summed E-state index contributed by atoms with van der Waals surface area (Å²) in [7, 11) is 1.73. The van der Waals surface area contributed by atoms with E-state index < -0.39 is 80.1 Å². The first kappa shape index (κ1) is 65.5. The van der Waals surface area contributed by atoms with Crippen molar-refractivity contribution in [2.24, 2.45) is 23.7 Å². The number of esters is 1. The molecule has 0 amide bonds. The SMILES string of the molecule is CO.COC(=O)CCC/C=C\C[C@@H]1[C@@H](/C=C/[C@@H](O)COc2cccc(C(F)(F)F)c2)[C@H](O)C[C@@H]1O.C[Si](C)(C)C.O=C(O)CCC/C=C\C[C@@H]1[C@@H](/C=C/[C@@H](O)COc2cccc(C(F)(F)F)c2)[C@H](O)C[C@@H]1O. The third-order valence-corrected chi connectivity index (χ3v) is 11.0. The number of benzene rings is 2. The number of hydrogen-bond acceptors (Lipinski definition) is 12. The fourth-order valence-electron chi connectivity index (χ4n) is 7.50. The van der Waals surface area contributed by atoms with Crippen molar-refractivity contribution in [1.82, 2.24) is 0 Å². The lowest BCUT2D eigenvalue weighted by Gasteiger charge is -2.19. The molecule has 4 rings (SSSR count). The van der Waals surface area contributed by atoms with Gasteiger partial charge in [0.2, 0.25) is 0 Å². The zero-order chi connectivity index (χ0) is 54.7. The largest absolute Gasteiger partial charge is 0.491 e. The lowest BCUT2D eigenvalue weighted by Crippen LogP contribution is -2.21. The highest BCUT2D eigenvalue weighted by molar-refractivity contribution is 6.74. The molecule has 2 aromatic rings. The molecule has 2 aliphatic carbocycles. The van der Waals surface area contributed by atoms with Crippen LogP contribution in [-0.2, 0) is 26.7 Å². The number of aliphatic hydroxyl groups is 7. The van der Waals surface area contributed by atoms with Crippen molar-refractivity contribution >= 4 is 20.0 Å². The van der Waals surface area contributed by atoms with Crippen molar-refractivity contribution in [2.75, 3.05) is 27.4 Å². The Morgan fingerprint density at radius 2 is 1.03 bits per heavy atom. The van der Waals surface area contributed by atoms with Crippen molar-refractivity contribution in [3.63, 3.8) is 0 Å². The first-order valence-corrected chi connectivity index (χ1v) is 27.8. The number of hydrogen-bond donors (Lipinski definition) is 8. The number of carbonyl (C=O) groups excluding carboxylic acids is 1. The molecule has 72 heavy (non-hydrogen) atoms. The van der Waals surface area contributed by atoms with E-state index in [-0.39, 0.29) is 67.7 Å². The molecule has 0 spiro atoms. The van der Waals surface area contributed by atoms with E-state index in [2.05, 4.69) is 30.9 Å². The van der Waals surface area contributed by atoms with Crippen LogP contribution in [0.1, 0.15) is 75.3 Å². The molecule has 10 atom stereocenters. The van der Waals surface area contributed by atoms with Gasteiger partial charge in [0, 0.05) is 52.7 Å². The molecule has 2 saturated carbocycles. The Kier molecular flexibility index (Phi) is 30.3. The summed E-state index contributed by atoms with van der Waals surface area (Å²) < 4.78 is 91.7. The molecule has 408 valence electrons. The maximum atomic E-state index is 12.8. The van der Waals surface area contributed by atoms with Gasteiger partial charge >= 0.3 is 24.3 Å². The number of halogens is 6. The highest BCUT2D eigenvalue weighted by Crippen LogP contribution is 2.38. The monoisotopic (exact) mass is 1050 g/mol. The van der Waals surface area contributed by atoms with E-state index >= 15 is 0 Å². The number of rotatable bonds is 22. The second-order valence-corrected chi connectivity index (χ2v) is 25.0. The molecule has 8 N–H and O–H groups in total. The van der Waals surface area contributed by atoms with E-state index in [0.717, 1.165) is 31.4 Å². The van der Waals surface area contributed by atoms with Crippen LogP contribution in [0.3, 0.4) is 0 Å². The lowest BCUT2D eigenvalue weighted by atomic mass is 9.89. The van der Waals surface area contributed by atoms with E-state index in [1.165, 1.54) is 43.5 Å². The van der Waals surface area contributed by atoms with Gasteiger partial charge in [-0.05, 0) is 86.8 Å². The van der Waals surface area contributed by atoms with E-state index in [1.54, 1.807) is 12.2 Å². The molecule has 0 bridgehead atoms. The van der Waals surface area contributed by atoms with Crippen LogP contribution in [0.4, 0.5) is 26.3 Å². The number of alkyl halides is 6. The Morgan fingerprint density at radius 3 is 1.38 bits per heavy atom. The van der Waals surface area contributed by atoms with Gasteiger partial charge in [0.25, 0.3) is 0 Å². The fourth-order valence-corrected chi connectivity index (χ4v) is 7.50. The van der Waals surface area contributed by atoms with Crippen LogP contribution in [0, 0.1) is 23.7 Å². The Labute approximate surface area is 420 Å². The van der Waals surface area contributed by atoms with Crippen LogP contribution >= 0.6 is 0 Å². The number of ether oxygens (including phenoxy) is 3. The van der Waals surface area contributed by atoms with E-state index in [9.17, 15) is 66.6 Å². The summed E-state index contributed by atoms with van der Waals surface area (Å²) in [5.41, 5.74) is -1.68. The number of carbonyl (C=O) groups is 2. The van der Waals surface area contributed by atoms with Gasteiger partial charge in [0.1, 0.15) is 36.9 Å². The van der Waals surface area contributed by atoms with Crippen molar-refractivity contribution in [2.45, 2.75) is 139 Å². The number of aliphatic carboxylic acids is 1. The van der Waals surface area contributed by atoms with Crippen LogP contribution in [0.15, 0.2) is 97.1 Å². The van der Waals surface area contributed by atoms with Crippen molar-refractivity contribution < 1.29 is 91.0 Å². The predicted octanol–water partition coefficient (Wildman–Crippen LogP) is 8.77. The minimum absolute atomic E-state index is 0.0104. The Bertz CT molecular complexity index is 1960. The Balaban J connectivity index is 0.000000637. The molecule has 0 heterocycles. The average molecular weight is 1050 g/mol. The number of methoxy groups -OCH3 is 1. The second kappa shape index (κ2) is 33.3. The summed E-state index contributed by atoms with van der Waals surface area (Å²) in [6.07, 6.45) is 3.68. The fraction of sp³-hybridized carbons (Fsp3) is 0.577. The van der Waals surface area contributed by atoms with Crippen molar-refractivity contribution in [3.8, 4) is 11.5 Å². The summed E-state index contributed by atoms with van der Waals surface area (Å²) in [5, 5.41) is 76.9. The van der Waals surface area contributed by atoms with Crippen molar-refractivity contribution in [3.05, 3.63) is 108 Å². The van der Waals surface area contributed by atoms with Crippen LogP contribution < -0.4 is 9.47 Å².